The van der Waals surface area contributed by atoms with Crippen LogP contribution in [0.2, 0.25) is 0 Å². The van der Waals surface area contributed by atoms with Crippen LogP contribution in [-0.2, 0) is 6.54 Å². The summed E-state index contributed by atoms with van der Waals surface area (Å²) in [5.74, 6) is -2.36. The quantitative estimate of drug-likeness (QED) is 0.708. The van der Waals surface area contributed by atoms with E-state index in [2.05, 4.69) is 15.6 Å². The number of rotatable bonds is 5. The first kappa shape index (κ1) is 17.5. The van der Waals surface area contributed by atoms with Gasteiger partial charge in [-0.2, -0.15) is 0 Å². The Morgan fingerprint density at radius 1 is 1.00 bits per heavy atom. The summed E-state index contributed by atoms with van der Waals surface area (Å²) < 4.78 is 27.2. The maximum atomic E-state index is 13.6. The summed E-state index contributed by atoms with van der Waals surface area (Å²) in [7, 11) is 0. The van der Waals surface area contributed by atoms with Crippen molar-refractivity contribution in [2.45, 2.75) is 13.5 Å². The zero-order chi connectivity index (χ0) is 18.5. The van der Waals surface area contributed by atoms with Crippen molar-refractivity contribution in [3.05, 3.63) is 89.2 Å². The average Bonchev–Trinajstić information content (AvgIpc) is 2.64. The predicted octanol–water partition coefficient (Wildman–Crippen LogP) is 4.53. The lowest BCUT2D eigenvalue weighted by atomic mass is 10.1. The molecule has 0 aliphatic rings. The number of benzene rings is 2. The number of aromatic nitrogens is 1. The number of pyridine rings is 1. The first-order chi connectivity index (χ1) is 12.5. The van der Waals surface area contributed by atoms with Crippen LogP contribution in [0.3, 0.4) is 0 Å². The molecular formula is C20H17F2N3O. The Morgan fingerprint density at radius 3 is 2.38 bits per heavy atom. The van der Waals surface area contributed by atoms with Gasteiger partial charge in [0, 0.05) is 6.54 Å². The molecule has 0 unspecified atom stereocenters. The molecule has 0 radical (unpaired) electrons. The highest BCUT2D eigenvalue weighted by Crippen LogP contribution is 2.19. The molecule has 132 valence electrons. The number of halogens is 2. The maximum Gasteiger partial charge on any atom is 0.274 e. The van der Waals surface area contributed by atoms with Crippen molar-refractivity contribution in [2.24, 2.45) is 0 Å². The molecule has 3 rings (SSSR count). The van der Waals surface area contributed by atoms with Gasteiger partial charge in [-0.1, -0.05) is 30.3 Å². The number of hydrogen-bond donors (Lipinski definition) is 2. The number of nitrogens with zero attached hydrogens (tertiary/aromatic N) is 1. The van der Waals surface area contributed by atoms with Crippen molar-refractivity contribution < 1.29 is 13.6 Å². The number of carbonyl (C=O) groups excluding carboxylic acids is 1. The molecule has 4 nitrogen and oxygen atoms in total. The Labute approximate surface area is 149 Å². The van der Waals surface area contributed by atoms with Gasteiger partial charge in [-0.05, 0) is 42.3 Å². The molecule has 6 heteroatoms. The van der Waals surface area contributed by atoms with Crippen LogP contribution in [0.4, 0.5) is 20.2 Å². The molecule has 26 heavy (non-hydrogen) atoms. The first-order valence-electron chi connectivity index (χ1n) is 8.04. The Bertz CT molecular complexity index is 906. The summed E-state index contributed by atoms with van der Waals surface area (Å²) in [5, 5.41) is 5.43. The number of carbonyl (C=O) groups is 1. The van der Waals surface area contributed by atoms with Gasteiger partial charge in [0.1, 0.15) is 23.0 Å². The molecule has 0 saturated carbocycles. The van der Waals surface area contributed by atoms with Gasteiger partial charge >= 0.3 is 0 Å². The fourth-order valence-corrected chi connectivity index (χ4v) is 2.43. The van der Waals surface area contributed by atoms with E-state index in [4.69, 9.17) is 0 Å². The highest BCUT2D eigenvalue weighted by atomic mass is 19.1. The molecule has 1 heterocycles. The standard InChI is InChI=1S/C20H17F2N3O/c1-13-5-2-3-6-14(13)11-23-15-9-10-18(24-12-15)20(26)25-19-16(21)7-4-8-17(19)22/h2-10,12,23H,11H2,1H3,(H,25,26). The molecule has 1 amide bonds. The average molecular weight is 353 g/mol. The van der Waals surface area contributed by atoms with E-state index in [1.54, 1.807) is 6.07 Å². The van der Waals surface area contributed by atoms with Crippen LogP contribution in [0.15, 0.2) is 60.8 Å². The van der Waals surface area contributed by atoms with E-state index in [-0.39, 0.29) is 5.69 Å². The lowest BCUT2D eigenvalue weighted by Crippen LogP contribution is -2.16. The van der Waals surface area contributed by atoms with Gasteiger partial charge in [0.15, 0.2) is 0 Å². The van der Waals surface area contributed by atoms with E-state index in [0.29, 0.717) is 6.54 Å². The largest absolute Gasteiger partial charge is 0.380 e. The smallest absolute Gasteiger partial charge is 0.274 e. The Morgan fingerprint density at radius 2 is 1.73 bits per heavy atom. The zero-order valence-corrected chi connectivity index (χ0v) is 14.1. The third-order valence-electron chi connectivity index (χ3n) is 3.94. The zero-order valence-electron chi connectivity index (χ0n) is 14.1. The second-order valence-corrected chi connectivity index (χ2v) is 5.76. The molecule has 0 fully saturated rings. The SMILES string of the molecule is Cc1ccccc1CNc1ccc(C(=O)Nc2c(F)cccc2F)nc1. The summed E-state index contributed by atoms with van der Waals surface area (Å²) in [6.45, 7) is 2.66. The van der Waals surface area contributed by atoms with Gasteiger partial charge in [0.2, 0.25) is 0 Å². The van der Waals surface area contributed by atoms with Crippen molar-refractivity contribution >= 4 is 17.3 Å². The molecule has 0 aliphatic carbocycles. The van der Waals surface area contributed by atoms with Crippen molar-refractivity contribution in [3.63, 3.8) is 0 Å². The molecule has 2 aromatic carbocycles. The predicted molar refractivity (Wildman–Crippen MR) is 97.1 cm³/mol. The van der Waals surface area contributed by atoms with Crippen molar-refractivity contribution in [1.82, 2.24) is 4.98 Å². The first-order valence-corrected chi connectivity index (χ1v) is 8.04. The van der Waals surface area contributed by atoms with E-state index < -0.39 is 23.2 Å². The van der Waals surface area contributed by atoms with Gasteiger partial charge in [-0.25, -0.2) is 13.8 Å². The number of aryl methyl sites for hydroxylation is 1. The molecule has 3 aromatic rings. The maximum absolute atomic E-state index is 13.6. The normalized spacial score (nSPS) is 10.4. The lowest BCUT2D eigenvalue weighted by molar-refractivity contribution is 0.102. The number of para-hydroxylation sites is 1. The molecule has 1 aromatic heterocycles. The van der Waals surface area contributed by atoms with Crippen molar-refractivity contribution in [3.8, 4) is 0 Å². The van der Waals surface area contributed by atoms with Crippen LogP contribution < -0.4 is 10.6 Å². The highest BCUT2D eigenvalue weighted by Gasteiger charge is 2.14. The molecule has 0 aliphatic heterocycles. The Hall–Kier alpha value is -3.28. The second kappa shape index (κ2) is 7.74. The Kier molecular flexibility index (Phi) is 5.22. The van der Waals surface area contributed by atoms with Crippen LogP contribution >= 0.6 is 0 Å². The highest BCUT2D eigenvalue weighted by molar-refractivity contribution is 6.03. The Balaban J connectivity index is 1.65. The van der Waals surface area contributed by atoms with E-state index in [1.165, 1.54) is 23.9 Å². The minimum absolute atomic E-state index is 0.0640. The number of hydrogen-bond acceptors (Lipinski definition) is 3. The van der Waals surface area contributed by atoms with Crippen LogP contribution in [-0.4, -0.2) is 10.9 Å². The summed E-state index contributed by atoms with van der Waals surface area (Å²) in [5.41, 5.74) is 2.65. The summed E-state index contributed by atoms with van der Waals surface area (Å²) in [6, 6.07) is 14.6. The van der Waals surface area contributed by atoms with Crippen LogP contribution in [0.1, 0.15) is 21.6 Å². The minimum Gasteiger partial charge on any atom is -0.380 e. The molecule has 0 spiro atoms. The fraction of sp³-hybridized carbons (Fsp3) is 0.100. The summed E-state index contributed by atoms with van der Waals surface area (Å²) in [6.07, 6.45) is 1.50. The fourth-order valence-electron chi connectivity index (χ4n) is 2.43. The molecule has 0 bridgehead atoms. The third kappa shape index (κ3) is 4.03. The van der Waals surface area contributed by atoms with Crippen LogP contribution in [0.5, 0.6) is 0 Å². The van der Waals surface area contributed by atoms with Crippen LogP contribution in [0, 0.1) is 18.6 Å². The second-order valence-electron chi connectivity index (χ2n) is 5.76. The van der Waals surface area contributed by atoms with Crippen molar-refractivity contribution in [1.29, 1.82) is 0 Å². The van der Waals surface area contributed by atoms with E-state index in [1.807, 2.05) is 31.2 Å². The van der Waals surface area contributed by atoms with Gasteiger partial charge in [0.05, 0.1) is 11.9 Å². The van der Waals surface area contributed by atoms with E-state index >= 15 is 0 Å². The third-order valence-corrected chi connectivity index (χ3v) is 3.94. The van der Waals surface area contributed by atoms with Gasteiger partial charge < -0.3 is 10.6 Å². The molecule has 0 saturated heterocycles. The molecule has 0 atom stereocenters. The minimum atomic E-state index is -0.838. The van der Waals surface area contributed by atoms with Crippen molar-refractivity contribution in [2.75, 3.05) is 10.6 Å². The summed E-state index contributed by atoms with van der Waals surface area (Å²) >= 11 is 0. The molecule has 2 N–H and O–H groups in total. The van der Waals surface area contributed by atoms with Gasteiger partial charge in [-0.15, -0.1) is 0 Å². The number of anilines is 2. The lowest BCUT2D eigenvalue weighted by Gasteiger charge is -2.10. The van der Waals surface area contributed by atoms with E-state index in [0.717, 1.165) is 23.4 Å². The number of amides is 1. The molecular weight excluding hydrogens is 336 g/mol. The topological polar surface area (TPSA) is 54.0 Å². The monoisotopic (exact) mass is 353 g/mol. The van der Waals surface area contributed by atoms with Gasteiger partial charge in [0.25, 0.3) is 5.91 Å². The van der Waals surface area contributed by atoms with Gasteiger partial charge in [-0.3, -0.25) is 4.79 Å². The summed E-state index contributed by atoms with van der Waals surface area (Å²) in [4.78, 5) is 16.2. The number of nitrogens with one attached hydrogen (secondary N) is 2. The van der Waals surface area contributed by atoms with Crippen LogP contribution in [0.25, 0.3) is 0 Å². The van der Waals surface area contributed by atoms with E-state index in [9.17, 15) is 13.6 Å².